The number of amides is 4. The summed E-state index contributed by atoms with van der Waals surface area (Å²) in [7, 11) is 0. The van der Waals surface area contributed by atoms with Gasteiger partial charge in [0, 0.05) is 13.1 Å². The van der Waals surface area contributed by atoms with Crippen molar-refractivity contribution in [1.82, 2.24) is 15.1 Å². The van der Waals surface area contributed by atoms with E-state index in [0.29, 0.717) is 19.5 Å². The van der Waals surface area contributed by atoms with Gasteiger partial charge in [0.2, 0.25) is 5.91 Å². The number of carbonyl (C=O) groups is 3. The van der Waals surface area contributed by atoms with Crippen LogP contribution in [0.25, 0.3) is 0 Å². The number of nitrogens with zero attached hydrogens (tertiary/aromatic N) is 2. The molecule has 6 nitrogen and oxygen atoms in total. The van der Waals surface area contributed by atoms with Crippen LogP contribution >= 0.6 is 0 Å². The summed E-state index contributed by atoms with van der Waals surface area (Å²) in [6.45, 7) is 4.92. The van der Waals surface area contributed by atoms with Crippen molar-refractivity contribution in [2.75, 3.05) is 13.1 Å². The molecule has 4 amide bonds. The van der Waals surface area contributed by atoms with Crippen molar-refractivity contribution in [2.45, 2.75) is 58.0 Å². The summed E-state index contributed by atoms with van der Waals surface area (Å²) in [6, 6.07) is 9.34. The maximum Gasteiger partial charge on any atom is 0.325 e. The zero-order valence-corrected chi connectivity index (χ0v) is 16.2. The highest BCUT2D eigenvalue weighted by Crippen LogP contribution is 2.38. The molecule has 6 heteroatoms. The molecule has 1 aromatic carbocycles. The van der Waals surface area contributed by atoms with Gasteiger partial charge in [-0.15, -0.1) is 0 Å². The topological polar surface area (TPSA) is 69.7 Å². The predicted octanol–water partition coefficient (Wildman–Crippen LogP) is 2.93. The Morgan fingerprint density at radius 2 is 2.00 bits per heavy atom. The third kappa shape index (κ3) is 3.84. The SMILES string of the molecule is CCCN(Cc1ccccc1)C(=O)CN1C(=O)NC2(CCCCC2C)C1=O. The maximum atomic E-state index is 13.0. The van der Waals surface area contributed by atoms with E-state index in [1.807, 2.05) is 44.2 Å². The minimum Gasteiger partial charge on any atom is -0.337 e. The lowest BCUT2D eigenvalue weighted by Crippen LogP contribution is -2.54. The van der Waals surface area contributed by atoms with Crippen LogP contribution in [0.5, 0.6) is 0 Å². The molecule has 1 spiro atoms. The van der Waals surface area contributed by atoms with Crippen molar-refractivity contribution in [3.8, 4) is 0 Å². The van der Waals surface area contributed by atoms with E-state index in [9.17, 15) is 14.4 Å². The van der Waals surface area contributed by atoms with Crippen molar-refractivity contribution in [2.24, 2.45) is 5.92 Å². The number of hydrogen-bond acceptors (Lipinski definition) is 3. The second kappa shape index (κ2) is 8.11. The van der Waals surface area contributed by atoms with E-state index >= 15 is 0 Å². The van der Waals surface area contributed by atoms with Gasteiger partial charge in [-0.05, 0) is 30.7 Å². The monoisotopic (exact) mass is 371 g/mol. The molecule has 1 N–H and O–H groups in total. The highest BCUT2D eigenvalue weighted by atomic mass is 16.2. The first-order valence-electron chi connectivity index (χ1n) is 9.93. The van der Waals surface area contributed by atoms with Crippen LogP contribution < -0.4 is 5.32 Å². The van der Waals surface area contributed by atoms with Crippen molar-refractivity contribution < 1.29 is 14.4 Å². The van der Waals surface area contributed by atoms with E-state index in [1.54, 1.807) is 4.90 Å². The zero-order chi connectivity index (χ0) is 19.4. The molecule has 146 valence electrons. The Bertz CT molecular complexity index is 706. The van der Waals surface area contributed by atoms with Gasteiger partial charge < -0.3 is 10.2 Å². The molecule has 1 aliphatic heterocycles. The predicted molar refractivity (Wildman–Crippen MR) is 103 cm³/mol. The number of imide groups is 1. The molecule has 27 heavy (non-hydrogen) atoms. The van der Waals surface area contributed by atoms with E-state index < -0.39 is 11.6 Å². The standard InChI is InChI=1S/C21H29N3O3/c1-3-13-23(14-17-10-5-4-6-11-17)18(25)15-24-19(26)21(22-20(24)27)12-8-7-9-16(21)2/h4-6,10-11,16H,3,7-9,12-15H2,1-2H3,(H,22,27). The lowest BCUT2D eigenvalue weighted by Gasteiger charge is -2.36. The molecular weight excluding hydrogens is 342 g/mol. The van der Waals surface area contributed by atoms with Gasteiger partial charge >= 0.3 is 6.03 Å². The van der Waals surface area contributed by atoms with Crippen molar-refractivity contribution in [3.63, 3.8) is 0 Å². The minimum atomic E-state index is -0.815. The number of nitrogens with one attached hydrogen (secondary N) is 1. The Balaban J connectivity index is 1.71. The Morgan fingerprint density at radius 1 is 1.26 bits per heavy atom. The lowest BCUT2D eigenvalue weighted by atomic mass is 9.73. The highest BCUT2D eigenvalue weighted by molar-refractivity contribution is 6.09. The molecule has 2 fully saturated rings. The average Bonchev–Trinajstić information content (AvgIpc) is 2.89. The molecule has 1 saturated heterocycles. The highest BCUT2D eigenvalue weighted by Gasteiger charge is 2.55. The third-order valence-electron chi connectivity index (χ3n) is 5.86. The molecule has 0 bridgehead atoms. The normalized spacial score (nSPS) is 25.0. The molecule has 3 rings (SSSR count). The fourth-order valence-corrected chi connectivity index (χ4v) is 4.24. The quantitative estimate of drug-likeness (QED) is 0.782. The van der Waals surface area contributed by atoms with Gasteiger partial charge in [-0.3, -0.25) is 14.5 Å². The summed E-state index contributed by atoms with van der Waals surface area (Å²) in [6.07, 6.45) is 4.40. The second-order valence-corrected chi connectivity index (χ2v) is 7.74. The van der Waals surface area contributed by atoms with Crippen LogP contribution in [0.2, 0.25) is 0 Å². The van der Waals surface area contributed by atoms with Gasteiger partial charge in [-0.2, -0.15) is 0 Å². The van der Waals surface area contributed by atoms with Crippen LogP contribution in [0, 0.1) is 5.92 Å². The van der Waals surface area contributed by atoms with Crippen LogP contribution in [0.4, 0.5) is 4.79 Å². The summed E-state index contributed by atoms with van der Waals surface area (Å²) in [5, 5.41) is 2.91. The number of hydrogen-bond donors (Lipinski definition) is 1. The minimum absolute atomic E-state index is 0.0962. The second-order valence-electron chi connectivity index (χ2n) is 7.74. The number of rotatable bonds is 6. The molecule has 1 aromatic rings. The van der Waals surface area contributed by atoms with Crippen LogP contribution in [-0.4, -0.2) is 46.3 Å². The molecule has 1 aliphatic carbocycles. The largest absolute Gasteiger partial charge is 0.337 e. The van der Waals surface area contributed by atoms with Gasteiger partial charge in [0.15, 0.2) is 0 Å². The summed E-state index contributed by atoms with van der Waals surface area (Å²) >= 11 is 0. The Labute approximate surface area is 160 Å². The summed E-state index contributed by atoms with van der Waals surface area (Å²) < 4.78 is 0. The Kier molecular flexibility index (Phi) is 5.82. The molecule has 2 unspecified atom stereocenters. The van der Waals surface area contributed by atoms with Gasteiger partial charge in [0.25, 0.3) is 5.91 Å². The zero-order valence-electron chi connectivity index (χ0n) is 16.2. The van der Waals surface area contributed by atoms with Crippen LogP contribution in [0.15, 0.2) is 30.3 Å². The van der Waals surface area contributed by atoms with Crippen LogP contribution in [-0.2, 0) is 16.1 Å². The first-order valence-corrected chi connectivity index (χ1v) is 9.93. The summed E-state index contributed by atoms with van der Waals surface area (Å²) in [5.41, 5.74) is 0.221. The first kappa shape index (κ1) is 19.4. The first-order chi connectivity index (χ1) is 13.0. The van der Waals surface area contributed by atoms with E-state index in [2.05, 4.69) is 5.32 Å². The number of carbonyl (C=O) groups excluding carboxylic acids is 3. The maximum absolute atomic E-state index is 13.0. The summed E-state index contributed by atoms with van der Waals surface area (Å²) in [5.74, 6) is -0.326. The van der Waals surface area contributed by atoms with Gasteiger partial charge in [0.05, 0.1) is 0 Å². The third-order valence-corrected chi connectivity index (χ3v) is 5.86. The fraction of sp³-hybridized carbons (Fsp3) is 0.571. The molecule has 1 saturated carbocycles. The molecular formula is C21H29N3O3. The fourth-order valence-electron chi connectivity index (χ4n) is 4.24. The molecule has 1 heterocycles. The van der Waals surface area contributed by atoms with Crippen LogP contribution in [0.3, 0.4) is 0 Å². The van der Waals surface area contributed by atoms with Gasteiger partial charge in [-0.25, -0.2) is 4.79 Å². The van der Waals surface area contributed by atoms with Crippen molar-refractivity contribution in [1.29, 1.82) is 0 Å². The van der Waals surface area contributed by atoms with Crippen molar-refractivity contribution in [3.05, 3.63) is 35.9 Å². The van der Waals surface area contributed by atoms with E-state index in [-0.39, 0.29) is 24.3 Å². The van der Waals surface area contributed by atoms with E-state index in [1.165, 1.54) is 0 Å². The number of benzene rings is 1. The van der Waals surface area contributed by atoms with Gasteiger partial charge in [0.1, 0.15) is 12.1 Å². The molecule has 2 aliphatic rings. The summed E-state index contributed by atoms with van der Waals surface area (Å²) in [4.78, 5) is 41.3. The Morgan fingerprint density at radius 3 is 2.67 bits per heavy atom. The average molecular weight is 371 g/mol. The molecule has 0 aromatic heterocycles. The lowest BCUT2D eigenvalue weighted by molar-refractivity contribution is -0.140. The molecule has 2 atom stereocenters. The number of urea groups is 1. The Hall–Kier alpha value is -2.37. The van der Waals surface area contributed by atoms with Crippen LogP contribution in [0.1, 0.15) is 51.5 Å². The van der Waals surface area contributed by atoms with E-state index in [0.717, 1.165) is 36.1 Å². The van der Waals surface area contributed by atoms with Gasteiger partial charge in [-0.1, -0.05) is 57.0 Å². The van der Waals surface area contributed by atoms with E-state index in [4.69, 9.17) is 0 Å². The molecule has 0 radical (unpaired) electrons. The smallest absolute Gasteiger partial charge is 0.325 e. The van der Waals surface area contributed by atoms with Crippen molar-refractivity contribution >= 4 is 17.8 Å².